The second kappa shape index (κ2) is 5.74. The van der Waals surface area contributed by atoms with E-state index in [0.717, 1.165) is 12.1 Å². The van der Waals surface area contributed by atoms with Crippen LogP contribution in [-0.2, 0) is 11.2 Å². The van der Waals surface area contributed by atoms with Crippen molar-refractivity contribution in [3.63, 3.8) is 0 Å². The summed E-state index contributed by atoms with van der Waals surface area (Å²) in [5.41, 5.74) is 0.999. The van der Waals surface area contributed by atoms with Crippen molar-refractivity contribution in [3.05, 3.63) is 30.4 Å². The molecule has 88 valence electrons. The van der Waals surface area contributed by atoms with Gasteiger partial charge in [-0.05, 0) is 6.08 Å². The molecular weight excluding hydrogens is 218 g/mol. The third-order valence-corrected chi connectivity index (χ3v) is 2.19. The van der Waals surface area contributed by atoms with Crippen molar-refractivity contribution in [2.24, 2.45) is 9.98 Å². The lowest BCUT2D eigenvalue weighted by Crippen LogP contribution is -2.23. The molecule has 0 fully saturated rings. The molecule has 0 spiro atoms. The molecule has 0 atom stereocenters. The Kier molecular flexibility index (Phi) is 3.80. The van der Waals surface area contributed by atoms with E-state index in [1.54, 1.807) is 24.8 Å². The molecule has 1 aliphatic rings. The fourth-order valence-corrected chi connectivity index (χ4v) is 1.36. The van der Waals surface area contributed by atoms with Crippen molar-refractivity contribution in [2.45, 2.75) is 6.42 Å². The minimum atomic E-state index is -0.144. The lowest BCUT2D eigenvalue weighted by molar-refractivity contribution is -0.116. The number of aromatic nitrogens is 2. The van der Waals surface area contributed by atoms with E-state index >= 15 is 0 Å². The average Bonchev–Trinajstić information content (AvgIpc) is 2.99. The first kappa shape index (κ1) is 11.3. The van der Waals surface area contributed by atoms with Gasteiger partial charge in [-0.25, -0.2) is 9.98 Å². The fraction of sp³-hybridized carbons (Fsp3) is 0.273. The molecular formula is C11H13N5O. The maximum Gasteiger partial charge on any atom is 0.244 e. The highest BCUT2D eigenvalue weighted by Crippen LogP contribution is 1.92. The van der Waals surface area contributed by atoms with Crippen molar-refractivity contribution < 1.29 is 4.79 Å². The summed E-state index contributed by atoms with van der Waals surface area (Å²) in [6, 6.07) is 0. The highest BCUT2D eigenvalue weighted by molar-refractivity contribution is 6.05. The number of hydrogen-bond acceptors (Lipinski definition) is 4. The molecule has 0 radical (unpaired) electrons. The second-order valence-electron chi connectivity index (χ2n) is 3.46. The number of imidazole rings is 1. The summed E-state index contributed by atoms with van der Waals surface area (Å²) in [4.78, 5) is 26.3. The zero-order valence-electron chi connectivity index (χ0n) is 9.26. The van der Waals surface area contributed by atoms with Gasteiger partial charge in [0.05, 0.1) is 12.9 Å². The Morgan fingerprint density at radius 2 is 2.53 bits per heavy atom. The molecule has 1 aromatic heterocycles. The Morgan fingerprint density at radius 3 is 3.24 bits per heavy atom. The van der Waals surface area contributed by atoms with Crippen molar-refractivity contribution in [1.82, 2.24) is 15.3 Å². The minimum Gasteiger partial charge on any atom is -0.352 e. The van der Waals surface area contributed by atoms with E-state index < -0.39 is 0 Å². The lowest BCUT2D eigenvalue weighted by Gasteiger charge is -1.99. The first-order valence-electron chi connectivity index (χ1n) is 5.35. The zero-order chi connectivity index (χ0) is 11.9. The topological polar surface area (TPSA) is 82.5 Å². The highest BCUT2D eigenvalue weighted by atomic mass is 16.1. The van der Waals surface area contributed by atoms with E-state index in [9.17, 15) is 4.79 Å². The third-order valence-electron chi connectivity index (χ3n) is 2.19. The molecule has 6 nitrogen and oxygen atoms in total. The lowest BCUT2D eigenvalue weighted by atomic mass is 10.3. The molecule has 17 heavy (non-hydrogen) atoms. The van der Waals surface area contributed by atoms with E-state index in [1.165, 1.54) is 6.08 Å². The highest BCUT2D eigenvalue weighted by Gasteiger charge is 1.99. The van der Waals surface area contributed by atoms with Gasteiger partial charge in [0.15, 0.2) is 0 Å². The van der Waals surface area contributed by atoms with Crippen LogP contribution in [0.4, 0.5) is 0 Å². The standard InChI is InChI=1S/C11H13N5O/c17-11(2-1-10-13-5-6-14-10)15-4-3-9-7-12-8-16-9/h1-2,5,7-8H,3-4,6H2,(H,12,16)(H,15,17)/b2-1+. The molecule has 2 rings (SSSR count). The number of amidine groups is 1. The molecule has 6 heteroatoms. The van der Waals surface area contributed by atoms with Crippen LogP contribution in [0.5, 0.6) is 0 Å². The normalized spacial score (nSPS) is 14.2. The van der Waals surface area contributed by atoms with Crippen molar-refractivity contribution in [2.75, 3.05) is 13.1 Å². The maximum atomic E-state index is 11.4. The molecule has 2 heterocycles. The summed E-state index contributed by atoms with van der Waals surface area (Å²) >= 11 is 0. The predicted molar refractivity (Wildman–Crippen MR) is 65.2 cm³/mol. The van der Waals surface area contributed by atoms with Crippen LogP contribution in [0.2, 0.25) is 0 Å². The Hall–Kier alpha value is -2.24. The Balaban J connectivity index is 1.69. The van der Waals surface area contributed by atoms with Crippen molar-refractivity contribution in [1.29, 1.82) is 0 Å². The summed E-state index contributed by atoms with van der Waals surface area (Å²) < 4.78 is 0. The Bertz CT molecular complexity index is 458. The van der Waals surface area contributed by atoms with Crippen LogP contribution >= 0.6 is 0 Å². The molecule has 2 N–H and O–H groups in total. The number of aromatic amines is 1. The molecule has 0 aromatic carbocycles. The second-order valence-corrected chi connectivity index (χ2v) is 3.46. The number of hydrogen-bond donors (Lipinski definition) is 2. The first-order chi connectivity index (χ1) is 8.34. The third kappa shape index (κ3) is 3.67. The monoisotopic (exact) mass is 231 g/mol. The summed E-state index contributed by atoms with van der Waals surface area (Å²) in [5, 5.41) is 2.76. The van der Waals surface area contributed by atoms with Crippen LogP contribution in [0.15, 0.2) is 34.7 Å². The Morgan fingerprint density at radius 1 is 1.59 bits per heavy atom. The van der Waals surface area contributed by atoms with Gasteiger partial charge in [-0.3, -0.25) is 9.79 Å². The molecule has 1 amide bonds. The summed E-state index contributed by atoms with van der Waals surface area (Å²) in [6.07, 6.45) is 8.84. The van der Waals surface area contributed by atoms with Gasteiger partial charge in [0, 0.05) is 37.1 Å². The van der Waals surface area contributed by atoms with Crippen LogP contribution < -0.4 is 5.32 Å². The molecule has 0 unspecified atom stereocenters. The smallest absolute Gasteiger partial charge is 0.244 e. The number of carbonyl (C=O) groups is 1. The van der Waals surface area contributed by atoms with E-state index in [4.69, 9.17) is 0 Å². The van der Waals surface area contributed by atoms with Gasteiger partial charge >= 0.3 is 0 Å². The summed E-state index contributed by atoms with van der Waals surface area (Å²) in [5.74, 6) is 0.447. The largest absolute Gasteiger partial charge is 0.352 e. The van der Waals surface area contributed by atoms with E-state index in [0.29, 0.717) is 18.9 Å². The van der Waals surface area contributed by atoms with Crippen LogP contribution in [0, 0.1) is 0 Å². The van der Waals surface area contributed by atoms with Crippen LogP contribution in [-0.4, -0.2) is 41.0 Å². The van der Waals surface area contributed by atoms with Crippen LogP contribution in [0.25, 0.3) is 0 Å². The number of amides is 1. The van der Waals surface area contributed by atoms with Gasteiger partial charge in [-0.15, -0.1) is 0 Å². The average molecular weight is 231 g/mol. The van der Waals surface area contributed by atoms with Gasteiger partial charge < -0.3 is 10.3 Å². The van der Waals surface area contributed by atoms with Crippen LogP contribution in [0.1, 0.15) is 5.69 Å². The van der Waals surface area contributed by atoms with Crippen molar-refractivity contribution >= 4 is 18.0 Å². The molecule has 0 aliphatic carbocycles. The Labute approximate surface area is 98.6 Å². The number of rotatable bonds is 5. The molecule has 0 saturated carbocycles. The minimum absolute atomic E-state index is 0.144. The van der Waals surface area contributed by atoms with Gasteiger partial charge in [-0.2, -0.15) is 0 Å². The molecule has 0 saturated heterocycles. The van der Waals surface area contributed by atoms with Gasteiger partial charge in [-0.1, -0.05) is 0 Å². The number of nitrogens with one attached hydrogen (secondary N) is 2. The number of nitrogens with zero attached hydrogens (tertiary/aromatic N) is 3. The number of aliphatic imine (C=N–C) groups is 2. The molecule has 1 aromatic rings. The van der Waals surface area contributed by atoms with Gasteiger partial charge in [0.1, 0.15) is 5.84 Å². The SMILES string of the molecule is O=C(/C=C/C1=NCC=N1)NCCc1cnc[nH]1. The van der Waals surface area contributed by atoms with E-state index in [2.05, 4.69) is 25.3 Å². The van der Waals surface area contributed by atoms with Gasteiger partial charge in [0.2, 0.25) is 5.91 Å². The van der Waals surface area contributed by atoms with Crippen molar-refractivity contribution in [3.8, 4) is 0 Å². The molecule has 1 aliphatic heterocycles. The van der Waals surface area contributed by atoms with Crippen LogP contribution in [0.3, 0.4) is 0 Å². The van der Waals surface area contributed by atoms with E-state index in [-0.39, 0.29) is 5.91 Å². The van der Waals surface area contributed by atoms with Gasteiger partial charge in [0.25, 0.3) is 0 Å². The quantitative estimate of drug-likeness (QED) is 0.705. The number of H-pyrrole nitrogens is 1. The molecule has 0 bridgehead atoms. The summed E-state index contributed by atoms with van der Waals surface area (Å²) in [7, 11) is 0. The van der Waals surface area contributed by atoms with E-state index in [1.807, 2.05) is 0 Å². The predicted octanol–water partition coefficient (Wildman–Crippen LogP) is 0.107. The number of carbonyl (C=O) groups excluding carboxylic acids is 1. The summed E-state index contributed by atoms with van der Waals surface area (Å²) in [6.45, 7) is 1.17. The first-order valence-corrected chi connectivity index (χ1v) is 5.35. The fourth-order valence-electron chi connectivity index (χ4n) is 1.36. The zero-order valence-corrected chi connectivity index (χ0v) is 9.26. The maximum absolute atomic E-state index is 11.4.